The largest absolute Gasteiger partial charge is 0.512 e. The van der Waals surface area contributed by atoms with E-state index in [1.165, 1.54) is 37.0 Å². The van der Waals surface area contributed by atoms with Crippen LogP contribution in [-0.2, 0) is 24.9 Å². The van der Waals surface area contributed by atoms with E-state index in [4.69, 9.17) is 5.11 Å². The molecule has 0 saturated carbocycles. The third kappa shape index (κ3) is 4.73. The van der Waals surface area contributed by atoms with Gasteiger partial charge < -0.3 is 24.8 Å². The van der Waals surface area contributed by atoms with Crippen molar-refractivity contribution in [3.63, 3.8) is 0 Å². The van der Waals surface area contributed by atoms with Crippen molar-refractivity contribution in [2.75, 3.05) is 28.8 Å². The molecule has 189 valence electrons. The van der Waals surface area contributed by atoms with Gasteiger partial charge in [-0.15, -0.1) is 17.7 Å². The van der Waals surface area contributed by atoms with Gasteiger partial charge in [-0.3, -0.25) is 9.78 Å². The van der Waals surface area contributed by atoms with E-state index in [9.17, 15) is 4.79 Å². The van der Waals surface area contributed by atoms with E-state index in [-0.39, 0.29) is 31.6 Å². The van der Waals surface area contributed by atoms with Crippen LogP contribution in [-0.4, -0.2) is 35.0 Å². The molecule has 6 rings (SSSR count). The fourth-order valence-electron chi connectivity index (χ4n) is 4.63. The Labute approximate surface area is 230 Å². The van der Waals surface area contributed by atoms with Crippen LogP contribution >= 0.6 is 0 Å². The van der Waals surface area contributed by atoms with Crippen LogP contribution in [0, 0.1) is 6.07 Å². The minimum Gasteiger partial charge on any atom is -0.512 e. The molecule has 0 amide bonds. The smallest absolute Gasteiger partial charge is 0.155 e. The average Bonchev–Trinajstić information content (AvgIpc) is 2.88. The first-order valence-electron chi connectivity index (χ1n) is 11.6. The standard InChI is InChI=1S/C24H18N5.C5H8O2.Ir/c1-27-18-7-3-5-9-20(18)29-21-10-6-4-8-19(21)28(2)23-14-16(13-22(27)24(23)29)17-15-25-11-12-26-17;1-4(6)3-5(2)7;/h3-13,15H,1-2H3;3,6H,1-2H3;/q-1;;/b;4-3-;. The number of carbonyl (C=O) groups excluding carboxylic acids is 1. The molecule has 1 aromatic heterocycles. The molecular formula is C29H26IrN5O2-. The molecule has 1 N–H and O–H groups in total. The Hall–Kier alpha value is -4.00. The van der Waals surface area contributed by atoms with Crippen molar-refractivity contribution in [2.24, 2.45) is 0 Å². The van der Waals surface area contributed by atoms with Crippen LogP contribution in [0.4, 0.5) is 39.8 Å². The van der Waals surface area contributed by atoms with Crippen LogP contribution in [0.3, 0.4) is 0 Å². The van der Waals surface area contributed by atoms with Gasteiger partial charge in [0.25, 0.3) is 0 Å². The molecule has 1 radical (unpaired) electrons. The normalized spacial score (nSPS) is 12.9. The summed E-state index contributed by atoms with van der Waals surface area (Å²) in [5, 5.41) is 8.36. The van der Waals surface area contributed by atoms with Crippen molar-refractivity contribution in [3.05, 3.63) is 91.1 Å². The maximum absolute atomic E-state index is 10.0. The van der Waals surface area contributed by atoms with E-state index in [0.717, 1.165) is 34.0 Å². The zero-order chi connectivity index (χ0) is 25.4. The van der Waals surface area contributed by atoms with Gasteiger partial charge in [-0.25, -0.2) is 0 Å². The number of benzene rings is 3. The fraction of sp³-hybridized carbons (Fsp3) is 0.138. The minimum absolute atomic E-state index is 0. The summed E-state index contributed by atoms with van der Waals surface area (Å²) in [4.78, 5) is 25.6. The van der Waals surface area contributed by atoms with Gasteiger partial charge >= 0.3 is 0 Å². The molecule has 37 heavy (non-hydrogen) atoms. The molecule has 0 spiro atoms. The van der Waals surface area contributed by atoms with Crippen LogP contribution in [0.25, 0.3) is 11.3 Å². The second-order valence-corrected chi connectivity index (χ2v) is 8.68. The second kappa shape index (κ2) is 10.5. The zero-order valence-electron chi connectivity index (χ0n) is 20.9. The summed E-state index contributed by atoms with van der Waals surface area (Å²) < 4.78 is 0. The first-order valence-corrected chi connectivity index (χ1v) is 11.6. The Kier molecular flexibility index (Phi) is 7.43. The number of aliphatic hydroxyl groups excluding tert-OH is 1. The summed E-state index contributed by atoms with van der Waals surface area (Å²) in [6, 6.07) is 22.8. The first-order chi connectivity index (χ1) is 17.4. The molecule has 7 nitrogen and oxygen atoms in total. The molecule has 0 bridgehead atoms. The van der Waals surface area contributed by atoms with Crippen molar-refractivity contribution in [1.29, 1.82) is 0 Å². The van der Waals surface area contributed by atoms with Crippen LogP contribution in [0.5, 0.6) is 0 Å². The van der Waals surface area contributed by atoms with E-state index >= 15 is 0 Å². The summed E-state index contributed by atoms with van der Waals surface area (Å²) in [6.07, 6.45) is 6.37. The summed E-state index contributed by atoms with van der Waals surface area (Å²) in [5.74, 6) is -0.0625. The van der Waals surface area contributed by atoms with E-state index in [0.29, 0.717) is 0 Å². The number of aromatic nitrogens is 2. The SMILES string of the molecule is CC(=O)/C=C(/C)O.CN1c2[c-]c(-c3cnccn3)cc3c2N(c2ccccc21)c1ccccc1N3C.[Ir]. The molecule has 0 aliphatic carbocycles. The van der Waals surface area contributed by atoms with E-state index in [1.807, 2.05) is 0 Å². The molecule has 2 aliphatic rings. The number of para-hydroxylation sites is 4. The van der Waals surface area contributed by atoms with Crippen LogP contribution in [0.15, 0.2) is 85.0 Å². The fourth-order valence-corrected chi connectivity index (χ4v) is 4.63. The van der Waals surface area contributed by atoms with Crippen molar-refractivity contribution in [3.8, 4) is 11.3 Å². The van der Waals surface area contributed by atoms with Gasteiger partial charge in [0.15, 0.2) is 5.78 Å². The number of ketones is 1. The Morgan fingerprint density at radius 2 is 1.49 bits per heavy atom. The quantitative estimate of drug-likeness (QED) is 0.147. The Bertz CT molecular complexity index is 1410. The summed E-state index contributed by atoms with van der Waals surface area (Å²) >= 11 is 0. The average molecular weight is 669 g/mol. The predicted molar refractivity (Wildman–Crippen MR) is 144 cm³/mol. The number of fused-ring (bicyclic) bond motifs is 4. The van der Waals surface area contributed by atoms with Crippen molar-refractivity contribution in [2.45, 2.75) is 13.8 Å². The Morgan fingerprint density at radius 3 is 2.00 bits per heavy atom. The van der Waals surface area contributed by atoms with Crippen molar-refractivity contribution < 1.29 is 30.0 Å². The predicted octanol–water partition coefficient (Wildman–Crippen LogP) is 6.61. The maximum Gasteiger partial charge on any atom is 0.155 e. The van der Waals surface area contributed by atoms with E-state index in [2.05, 4.69) is 99.4 Å². The summed E-state index contributed by atoms with van der Waals surface area (Å²) in [7, 11) is 4.22. The van der Waals surface area contributed by atoms with Gasteiger partial charge in [-0.1, -0.05) is 24.3 Å². The number of anilines is 7. The third-order valence-corrected chi connectivity index (χ3v) is 6.14. The van der Waals surface area contributed by atoms with Crippen LogP contribution in [0.2, 0.25) is 0 Å². The van der Waals surface area contributed by atoms with Gasteiger partial charge in [0.05, 0.1) is 28.5 Å². The van der Waals surface area contributed by atoms with Gasteiger partial charge in [0, 0.05) is 70.2 Å². The number of rotatable bonds is 2. The maximum atomic E-state index is 10.0. The van der Waals surface area contributed by atoms with Crippen molar-refractivity contribution >= 4 is 45.6 Å². The number of hydrogen-bond donors (Lipinski definition) is 1. The molecule has 4 aromatic rings. The molecule has 0 atom stereocenters. The molecule has 8 heteroatoms. The Balaban J connectivity index is 0.000000356. The number of carbonyl (C=O) groups is 1. The number of allylic oxidation sites excluding steroid dienone is 2. The van der Waals surface area contributed by atoms with Crippen LogP contribution < -0.4 is 14.7 Å². The molecule has 2 aliphatic heterocycles. The molecule has 3 heterocycles. The van der Waals surface area contributed by atoms with Crippen LogP contribution in [0.1, 0.15) is 13.8 Å². The minimum atomic E-state index is -0.125. The Morgan fingerprint density at radius 1 is 0.892 bits per heavy atom. The number of nitrogens with zero attached hydrogens (tertiary/aromatic N) is 5. The number of hydrogen-bond acceptors (Lipinski definition) is 7. The van der Waals surface area contributed by atoms with E-state index < -0.39 is 0 Å². The van der Waals surface area contributed by atoms with Gasteiger partial charge in [-0.05, 0) is 49.5 Å². The molecule has 0 fully saturated rings. The van der Waals surface area contributed by atoms with Gasteiger partial charge in [0.2, 0.25) is 0 Å². The van der Waals surface area contributed by atoms with E-state index in [1.54, 1.807) is 18.6 Å². The van der Waals surface area contributed by atoms with Crippen molar-refractivity contribution in [1.82, 2.24) is 9.97 Å². The monoisotopic (exact) mass is 669 g/mol. The zero-order valence-corrected chi connectivity index (χ0v) is 23.3. The summed E-state index contributed by atoms with van der Waals surface area (Å²) in [6.45, 7) is 2.85. The first kappa shape index (κ1) is 26.1. The number of aliphatic hydroxyl groups is 1. The molecule has 0 saturated heterocycles. The van der Waals surface area contributed by atoms with Gasteiger partial charge in [0.1, 0.15) is 0 Å². The molecule has 3 aromatic carbocycles. The summed E-state index contributed by atoms with van der Waals surface area (Å²) in [5.41, 5.74) is 9.71. The third-order valence-electron chi connectivity index (χ3n) is 6.14. The topological polar surface area (TPSA) is 72.8 Å². The molecule has 0 unspecified atom stereocenters. The second-order valence-electron chi connectivity index (χ2n) is 8.68. The molecular weight excluding hydrogens is 643 g/mol. The van der Waals surface area contributed by atoms with Gasteiger partial charge in [-0.2, -0.15) is 0 Å².